The standard InChI is InChI=1S/C12H21NO2/c1-12(2)9-10(14)7-5-3-4-6-8-11(15)13-12/h3-9H2,1-2H3,(H,13,15). The number of amides is 1. The van der Waals surface area contributed by atoms with E-state index in [0.717, 1.165) is 25.7 Å². The summed E-state index contributed by atoms with van der Waals surface area (Å²) in [6, 6.07) is 0. The van der Waals surface area contributed by atoms with Crippen LogP contribution in [0.3, 0.4) is 0 Å². The van der Waals surface area contributed by atoms with Gasteiger partial charge in [0.1, 0.15) is 5.78 Å². The lowest BCUT2D eigenvalue weighted by molar-refractivity contribution is -0.124. The van der Waals surface area contributed by atoms with Crippen LogP contribution in [0, 0.1) is 0 Å². The second-order valence-corrected chi connectivity index (χ2v) is 5.06. The molecule has 1 saturated heterocycles. The Kier molecular flexibility index (Phi) is 4.30. The molecule has 0 aliphatic carbocycles. The SMILES string of the molecule is CC1(C)CC(=O)CCCCCCC(=O)N1. The lowest BCUT2D eigenvalue weighted by Gasteiger charge is -2.25. The molecule has 0 aromatic carbocycles. The minimum absolute atomic E-state index is 0.0784. The van der Waals surface area contributed by atoms with E-state index in [1.54, 1.807) is 0 Å². The maximum Gasteiger partial charge on any atom is 0.220 e. The average molecular weight is 211 g/mol. The van der Waals surface area contributed by atoms with E-state index >= 15 is 0 Å². The van der Waals surface area contributed by atoms with Crippen molar-refractivity contribution in [2.24, 2.45) is 0 Å². The molecule has 1 aliphatic rings. The lowest BCUT2D eigenvalue weighted by Crippen LogP contribution is -2.44. The zero-order valence-corrected chi connectivity index (χ0v) is 9.77. The first-order valence-electron chi connectivity index (χ1n) is 5.82. The Bertz CT molecular complexity index is 222. The Hall–Kier alpha value is -0.860. The van der Waals surface area contributed by atoms with Crippen molar-refractivity contribution >= 4 is 11.7 Å². The van der Waals surface area contributed by atoms with Crippen LogP contribution in [0.4, 0.5) is 0 Å². The van der Waals surface area contributed by atoms with Crippen molar-refractivity contribution in [2.75, 3.05) is 0 Å². The van der Waals surface area contributed by atoms with Gasteiger partial charge in [0.15, 0.2) is 0 Å². The summed E-state index contributed by atoms with van der Waals surface area (Å²) in [6.45, 7) is 3.83. The van der Waals surface area contributed by atoms with E-state index in [4.69, 9.17) is 0 Å². The van der Waals surface area contributed by atoms with Crippen molar-refractivity contribution < 1.29 is 9.59 Å². The molecule has 0 spiro atoms. The summed E-state index contributed by atoms with van der Waals surface area (Å²) >= 11 is 0. The Balaban J connectivity index is 2.59. The number of carbonyl (C=O) groups excluding carboxylic acids is 2. The first-order valence-corrected chi connectivity index (χ1v) is 5.82. The summed E-state index contributed by atoms with van der Waals surface area (Å²) < 4.78 is 0. The molecule has 0 radical (unpaired) electrons. The molecule has 1 N–H and O–H groups in total. The number of rotatable bonds is 0. The predicted molar refractivity (Wildman–Crippen MR) is 59.5 cm³/mol. The molecule has 3 nitrogen and oxygen atoms in total. The minimum atomic E-state index is -0.376. The van der Waals surface area contributed by atoms with Gasteiger partial charge in [-0.05, 0) is 26.7 Å². The van der Waals surface area contributed by atoms with E-state index in [-0.39, 0.29) is 17.2 Å². The second kappa shape index (κ2) is 5.29. The van der Waals surface area contributed by atoms with Crippen molar-refractivity contribution in [3.8, 4) is 0 Å². The van der Waals surface area contributed by atoms with Crippen LogP contribution in [-0.2, 0) is 9.59 Å². The topological polar surface area (TPSA) is 46.2 Å². The van der Waals surface area contributed by atoms with Gasteiger partial charge in [0.05, 0.1) is 0 Å². The van der Waals surface area contributed by atoms with Crippen molar-refractivity contribution in [1.82, 2.24) is 5.32 Å². The van der Waals surface area contributed by atoms with Gasteiger partial charge in [-0.25, -0.2) is 0 Å². The highest BCUT2D eigenvalue weighted by Crippen LogP contribution is 2.15. The fourth-order valence-corrected chi connectivity index (χ4v) is 2.03. The molecule has 3 heteroatoms. The highest BCUT2D eigenvalue weighted by molar-refractivity contribution is 5.82. The molecule has 1 amide bonds. The third-order valence-corrected chi connectivity index (χ3v) is 2.73. The van der Waals surface area contributed by atoms with Crippen molar-refractivity contribution in [2.45, 2.75) is 64.3 Å². The number of hydrogen-bond acceptors (Lipinski definition) is 2. The molecule has 86 valence electrons. The van der Waals surface area contributed by atoms with Crippen LogP contribution in [-0.4, -0.2) is 17.2 Å². The maximum atomic E-state index is 11.6. The number of hydrogen-bond donors (Lipinski definition) is 1. The molecule has 0 aromatic heterocycles. The van der Waals surface area contributed by atoms with Crippen molar-refractivity contribution in [3.05, 3.63) is 0 Å². The molecule has 1 aliphatic heterocycles. The van der Waals surface area contributed by atoms with Gasteiger partial charge in [0, 0.05) is 24.8 Å². The van der Waals surface area contributed by atoms with Gasteiger partial charge in [0.2, 0.25) is 5.91 Å². The Morgan fingerprint density at radius 2 is 1.60 bits per heavy atom. The summed E-state index contributed by atoms with van der Waals surface area (Å²) in [5.41, 5.74) is -0.376. The van der Waals surface area contributed by atoms with Crippen LogP contribution in [0.25, 0.3) is 0 Å². The summed E-state index contributed by atoms with van der Waals surface area (Å²) in [4.78, 5) is 23.1. The Morgan fingerprint density at radius 3 is 2.27 bits per heavy atom. The molecule has 1 heterocycles. The van der Waals surface area contributed by atoms with Gasteiger partial charge < -0.3 is 5.32 Å². The second-order valence-electron chi connectivity index (χ2n) is 5.06. The summed E-state index contributed by atoms with van der Waals surface area (Å²) in [7, 11) is 0. The number of Topliss-reactive ketones (excluding diaryl/α,β-unsaturated/α-hetero) is 1. The summed E-state index contributed by atoms with van der Waals surface area (Å²) in [5, 5.41) is 2.92. The minimum Gasteiger partial charge on any atom is -0.351 e. The van der Waals surface area contributed by atoms with Crippen molar-refractivity contribution in [3.63, 3.8) is 0 Å². The first-order chi connectivity index (χ1) is 6.99. The quantitative estimate of drug-likeness (QED) is 0.667. The van der Waals surface area contributed by atoms with E-state index in [0.29, 0.717) is 19.3 Å². The van der Waals surface area contributed by atoms with E-state index < -0.39 is 0 Å². The molecule has 1 fully saturated rings. The first kappa shape index (κ1) is 12.2. The van der Waals surface area contributed by atoms with Gasteiger partial charge in [0.25, 0.3) is 0 Å². The monoisotopic (exact) mass is 211 g/mol. The van der Waals surface area contributed by atoms with Crippen LogP contribution in [0.1, 0.15) is 58.8 Å². The highest BCUT2D eigenvalue weighted by Gasteiger charge is 2.23. The third kappa shape index (κ3) is 4.96. The fourth-order valence-electron chi connectivity index (χ4n) is 2.03. The Labute approximate surface area is 91.6 Å². The maximum absolute atomic E-state index is 11.6. The van der Waals surface area contributed by atoms with Crippen molar-refractivity contribution in [1.29, 1.82) is 0 Å². The van der Waals surface area contributed by atoms with Crippen LogP contribution in [0.2, 0.25) is 0 Å². The zero-order chi connectivity index (χ0) is 11.3. The van der Waals surface area contributed by atoms with Gasteiger partial charge in [-0.3, -0.25) is 9.59 Å². The van der Waals surface area contributed by atoms with Gasteiger partial charge >= 0.3 is 0 Å². The Morgan fingerprint density at radius 1 is 1.00 bits per heavy atom. The molecule has 1 rings (SSSR count). The summed E-state index contributed by atoms with van der Waals surface area (Å²) in [5.74, 6) is 0.344. The van der Waals surface area contributed by atoms with E-state index in [9.17, 15) is 9.59 Å². The molecule has 0 bridgehead atoms. The molecule has 15 heavy (non-hydrogen) atoms. The smallest absolute Gasteiger partial charge is 0.220 e. The lowest BCUT2D eigenvalue weighted by atomic mass is 9.95. The van der Waals surface area contributed by atoms with E-state index in [2.05, 4.69) is 5.32 Å². The molecule has 0 atom stereocenters. The average Bonchev–Trinajstić information content (AvgIpc) is 2.09. The number of nitrogens with one attached hydrogen (secondary N) is 1. The molecule has 0 saturated carbocycles. The molecule has 0 aromatic rings. The zero-order valence-electron chi connectivity index (χ0n) is 9.77. The molecular formula is C12H21NO2. The molecular weight excluding hydrogens is 190 g/mol. The van der Waals surface area contributed by atoms with E-state index in [1.807, 2.05) is 13.8 Å². The normalized spacial score (nSPS) is 24.1. The van der Waals surface area contributed by atoms with Gasteiger partial charge in [-0.15, -0.1) is 0 Å². The van der Waals surface area contributed by atoms with Crippen LogP contribution < -0.4 is 5.32 Å². The fraction of sp³-hybridized carbons (Fsp3) is 0.833. The highest BCUT2D eigenvalue weighted by atomic mass is 16.2. The summed E-state index contributed by atoms with van der Waals surface area (Å²) in [6.07, 6.45) is 5.76. The molecule has 0 unspecified atom stereocenters. The van der Waals surface area contributed by atoms with Crippen LogP contribution in [0.15, 0.2) is 0 Å². The van der Waals surface area contributed by atoms with Crippen LogP contribution in [0.5, 0.6) is 0 Å². The van der Waals surface area contributed by atoms with E-state index in [1.165, 1.54) is 0 Å². The predicted octanol–water partition coefficient (Wildman–Crippen LogP) is 2.19. The van der Waals surface area contributed by atoms with Gasteiger partial charge in [-0.2, -0.15) is 0 Å². The number of carbonyl (C=O) groups is 2. The largest absolute Gasteiger partial charge is 0.351 e. The van der Waals surface area contributed by atoms with Gasteiger partial charge in [-0.1, -0.05) is 12.8 Å². The third-order valence-electron chi connectivity index (χ3n) is 2.73. The number of ketones is 1. The van der Waals surface area contributed by atoms with Crippen LogP contribution >= 0.6 is 0 Å².